The highest BCUT2D eigenvalue weighted by Crippen LogP contribution is 2.24. The number of nitrogens with zero attached hydrogens (tertiary/aromatic N) is 3. The van der Waals surface area contributed by atoms with E-state index in [-0.39, 0.29) is 17.1 Å². The van der Waals surface area contributed by atoms with E-state index in [0.717, 1.165) is 31.6 Å². The van der Waals surface area contributed by atoms with E-state index in [9.17, 15) is 14.5 Å². The van der Waals surface area contributed by atoms with Crippen LogP contribution < -0.4 is 5.32 Å². The molecule has 0 amide bonds. The van der Waals surface area contributed by atoms with Gasteiger partial charge in [0, 0.05) is 18.1 Å². The summed E-state index contributed by atoms with van der Waals surface area (Å²) in [6.45, 7) is 3.74. The summed E-state index contributed by atoms with van der Waals surface area (Å²) in [6, 6.07) is 3.18. The Labute approximate surface area is 120 Å². The van der Waals surface area contributed by atoms with Crippen LogP contribution in [0.2, 0.25) is 0 Å². The molecule has 1 aromatic carbocycles. The first-order chi connectivity index (χ1) is 10.1. The van der Waals surface area contributed by atoms with Crippen molar-refractivity contribution in [1.82, 2.24) is 15.5 Å². The van der Waals surface area contributed by atoms with Crippen molar-refractivity contribution in [3.63, 3.8) is 0 Å². The van der Waals surface area contributed by atoms with Crippen LogP contribution in [-0.4, -0.2) is 28.2 Å². The second-order valence-electron chi connectivity index (χ2n) is 4.41. The molecule has 2 rings (SSSR count). The second kappa shape index (κ2) is 6.89. The molecule has 0 radical (unpaired) electrons. The quantitative estimate of drug-likeness (QED) is 0.478. The number of aromatic nitrogens is 2. The molecule has 0 aliphatic rings. The number of nitrogens with one attached hydrogen (secondary N) is 1. The number of halogens is 1. The monoisotopic (exact) mass is 294 g/mol. The fourth-order valence-corrected chi connectivity index (χ4v) is 1.82. The Morgan fingerprint density at radius 2 is 2.19 bits per heavy atom. The van der Waals surface area contributed by atoms with Gasteiger partial charge in [0.25, 0.3) is 5.69 Å². The van der Waals surface area contributed by atoms with Gasteiger partial charge in [0.2, 0.25) is 11.8 Å². The van der Waals surface area contributed by atoms with Crippen LogP contribution in [0.3, 0.4) is 0 Å². The van der Waals surface area contributed by atoms with Crippen molar-refractivity contribution in [2.24, 2.45) is 0 Å². The van der Waals surface area contributed by atoms with Gasteiger partial charge in [0.05, 0.1) is 11.0 Å². The third kappa shape index (κ3) is 4.06. The standard InChI is InChI=1S/C13H15FN4O3/c1-2-15-5-3-4-12-16-17-13(21-12)9-6-10(14)8-11(7-9)18(19)20/h6-8,15H,2-5H2,1H3. The maximum Gasteiger partial charge on any atom is 0.273 e. The summed E-state index contributed by atoms with van der Waals surface area (Å²) in [7, 11) is 0. The van der Waals surface area contributed by atoms with Crippen LogP contribution in [0.25, 0.3) is 11.5 Å². The molecule has 8 heteroatoms. The number of hydrogen-bond donors (Lipinski definition) is 1. The van der Waals surface area contributed by atoms with Crippen molar-refractivity contribution < 1.29 is 13.7 Å². The van der Waals surface area contributed by atoms with Crippen molar-refractivity contribution in [3.05, 3.63) is 40.0 Å². The summed E-state index contributed by atoms with van der Waals surface area (Å²) in [5.74, 6) is -0.211. The van der Waals surface area contributed by atoms with Crippen LogP contribution in [0.4, 0.5) is 10.1 Å². The van der Waals surface area contributed by atoms with E-state index in [1.165, 1.54) is 6.07 Å². The number of rotatable bonds is 7. The second-order valence-corrected chi connectivity index (χ2v) is 4.41. The summed E-state index contributed by atoms with van der Waals surface area (Å²) in [6.07, 6.45) is 1.43. The number of benzene rings is 1. The molecule has 1 N–H and O–H groups in total. The van der Waals surface area contributed by atoms with Crippen LogP contribution >= 0.6 is 0 Å². The highest BCUT2D eigenvalue weighted by molar-refractivity contribution is 5.57. The lowest BCUT2D eigenvalue weighted by molar-refractivity contribution is -0.385. The van der Waals surface area contributed by atoms with Gasteiger partial charge in [-0.1, -0.05) is 6.92 Å². The Morgan fingerprint density at radius 1 is 1.38 bits per heavy atom. The fraction of sp³-hybridized carbons (Fsp3) is 0.385. The molecule has 0 spiro atoms. The number of aryl methyl sites for hydroxylation is 1. The molecule has 1 heterocycles. The van der Waals surface area contributed by atoms with Gasteiger partial charge in [-0.25, -0.2) is 4.39 Å². The molecule has 0 atom stereocenters. The van der Waals surface area contributed by atoms with Gasteiger partial charge in [0.1, 0.15) is 5.82 Å². The third-order valence-corrected chi connectivity index (χ3v) is 2.80. The Balaban J connectivity index is 2.12. The van der Waals surface area contributed by atoms with Crippen LogP contribution in [-0.2, 0) is 6.42 Å². The maximum atomic E-state index is 13.4. The molecule has 0 fully saturated rings. The van der Waals surface area contributed by atoms with E-state index in [4.69, 9.17) is 4.42 Å². The summed E-state index contributed by atoms with van der Waals surface area (Å²) in [5.41, 5.74) is -0.149. The van der Waals surface area contributed by atoms with E-state index in [1.807, 2.05) is 6.92 Å². The van der Waals surface area contributed by atoms with Crippen molar-refractivity contribution in [3.8, 4) is 11.5 Å². The highest BCUT2D eigenvalue weighted by atomic mass is 19.1. The smallest absolute Gasteiger partial charge is 0.273 e. The van der Waals surface area contributed by atoms with Gasteiger partial charge in [-0.05, 0) is 25.6 Å². The molecule has 0 saturated carbocycles. The van der Waals surface area contributed by atoms with Gasteiger partial charge in [-0.2, -0.15) is 0 Å². The minimum atomic E-state index is -0.717. The van der Waals surface area contributed by atoms with Crippen molar-refractivity contribution in [2.45, 2.75) is 19.8 Å². The Hall–Kier alpha value is -2.35. The SMILES string of the molecule is CCNCCCc1nnc(-c2cc(F)cc([N+](=O)[O-])c2)o1. The van der Waals surface area contributed by atoms with Gasteiger partial charge >= 0.3 is 0 Å². The average Bonchev–Trinajstić information content (AvgIpc) is 2.92. The van der Waals surface area contributed by atoms with Gasteiger partial charge in [0.15, 0.2) is 0 Å². The molecule has 21 heavy (non-hydrogen) atoms. The molecule has 7 nitrogen and oxygen atoms in total. The topological polar surface area (TPSA) is 94.1 Å². The Morgan fingerprint density at radius 3 is 2.90 bits per heavy atom. The van der Waals surface area contributed by atoms with E-state index >= 15 is 0 Å². The number of nitro benzene ring substituents is 1. The van der Waals surface area contributed by atoms with Crippen LogP contribution in [0, 0.1) is 15.9 Å². The predicted molar refractivity (Wildman–Crippen MR) is 73.2 cm³/mol. The summed E-state index contributed by atoms with van der Waals surface area (Å²) in [4.78, 5) is 10.0. The molecule has 2 aromatic rings. The summed E-state index contributed by atoms with van der Waals surface area (Å²) in [5, 5.41) is 21.5. The number of non-ortho nitro benzene ring substituents is 1. The minimum absolute atomic E-state index is 0.0797. The predicted octanol–water partition coefficient (Wildman–Crippen LogP) is 2.33. The first-order valence-corrected chi connectivity index (χ1v) is 6.58. The molecule has 0 bridgehead atoms. The first kappa shape index (κ1) is 15.0. The molecule has 112 valence electrons. The van der Waals surface area contributed by atoms with E-state index in [2.05, 4.69) is 15.5 Å². The van der Waals surface area contributed by atoms with Crippen molar-refractivity contribution in [2.75, 3.05) is 13.1 Å². The number of nitro groups is 1. The van der Waals surface area contributed by atoms with Gasteiger partial charge in [-0.3, -0.25) is 10.1 Å². The fourth-order valence-electron chi connectivity index (χ4n) is 1.82. The summed E-state index contributed by atoms with van der Waals surface area (Å²) < 4.78 is 18.8. The third-order valence-electron chi connectivity index (χ3n) is 2.80. The van der Waals surface area contributed by atoms with Crippen LogP contribution in [0.15, 0.2) is 22.6 Å². The van der Waals surface area contributed by atoms with Crippen molar-refractivity contribution >= 4 is 5.69 Å². The zero-order valence-corrected chi connectivity index (χ0v) is 11.5. The first-order valence-electron chi connectivity index (χ1n) is 6.58. The Bertz CT molecular complexity index is 630. The molecule has 0 aliphatic carbocycles. The molecular weight excluding hydrogens is 279 g/mol. The van der Waals surface area contributed by atoms with E-state index in [1.54, 1.807) is 0 Å². The summed E-state index contributed by atoms with van der Waals surface area (Å²) >= 11 is 0. The Kier molecular flexibility index (Phi) is 4.94. The molecule has 0 saturated heterocycles. The molecule has 1 aromatic heterocycles. The zero-order chi connectivity index (χ0) is 15.2. The minimum Gasteiger partial charge on any atom is -0.421 e. The molecule has 0 aliphatic heterocycles. The average molecular weight is 294 g/mol. The van der Waals surface area contributed by atoms with Gasteiger partial charge in [-0.15, -0.1) is 10.2 Å². The lowest BCUT2D eigenvalue weighted by Gasteiger charge is -1.98. The maximum absolute atomic E-state index is 13.4. The van der Waals surface area contributed by atoms with Crippen LogP contribution in [0.5, 0.6) is 0 Å². The zero-order valence-electron chi connectivity index (χ0n) is 11.5. The van der Waals surface area contributed by atoms with E-state index in [0.29, 0.717) is 12.3 Å². The number of hydrogen-bond acceptors (Lipinski definition) is 6. The van der Waals surface area contributed by atoms with Crippen molar-refractivity contribution in [1.29, 1.82) is 0 Å². The largest absolute Gasteiger partial charge is 0.421 e. The molecule has 0 unspecified atom stereocenters. The molecular formula is C13H15FN4O3. The van der Waals surface area contributed by atoms with Crippen LogP contribution in [0.1, 0.15) is 19.2 Å². The van der Waals surface area contributed by atoms with Gasteiger partial charge < -0.3 is 9.73 Å². The normalized spacial score (nSPS) is 10.8. The lowest BCUT2D eigenvalue weighted by Crippen LogP contribution is -2.14. The highest BCUT2D eigenvalue weighted by Gasteiger charge is 2.15. The van der Waals surface area contributed by atoms with E-state index < -0.39 is 10.7 Å². The lowest BCUT2D eigenvalue weighted by atomic mass is 10.2.